The Morgan fingerprint density at radius 2 is 1.71 bits per heavy atom. The van der Waals surface area contributed by atoms with Gasteiger partial charge in [0.25, 0.3) is 0 Å². The van der Waals surface area contributed by atoms with Gasteiger partial charge in [0.1, 0.15) is 18.3 Å². The van der Waals surface area contributed by atoms with Crippen molar-refractivity contribution in [1.82, 2.24) is 0 Å². The molecule has 0 aromatic carbocycles. The van der Waals surface area contributed by atoms with Crippen LogP contribution >= 0.6 is 0 Å². The van der Waals surface area contributed by atoms with Crippen LogP contribution in [0.25, 0.3) is 0 Å². The Morgan fingerprint density at radius 3 is 2.38 bits per heavy atom. The van der Waals surface area contributed by atoms with Gasteiger partial charge in [0.15, 0.2) is 6.61 Å². The lowest BCUT2D eigenvalue weighted by atomic mass is 9.48. The van der Waals surface area contributed by atoms with E-state index in [2.05, 4.69) is 0 Å². The van der Waals surface area contributed by atoms with Crippen molar-refractivity contribution in [2.24, 2.45) is 40.9 Å². The van der Waals surface area contributed by atoms with Gasteiger partial charge < -0.3 is 18.9 Å². The van der Waals surface area contributed by atoms with Gasteiger partial charge in [0.05, 0.1) is 11.3 Å². The molecule has 7 unspecified atom stereocenters. The second-order valence-electron chi connectivity index (χ2n) is 11.4. The molecule has 0 spiro atoms. The molecule has 6 aliphatic carbocycles. The highest BCUT2D eigenvalue weighted by Crippen LogP contribution is 2.61. The van der Waals surface area contributed by atoms with Gasteiger partial charge in [-0.15, -0.1) is 0 Å². The summed E-state index contributed by atoms with van der Waals surface area (Å²) in [5.74, 6) is -6.39. The van der Waals surface area contributed by atoms with E-state index in [9.17, 15) is 28.0 Å². The molecular formula is C24H28F2O8. The number of alkyl halides is 2. The first-order valence-corrected chi connectivity index (χ1v) is 12.2. The minimum Gasteiger partial charge on any atom is -0.458 e. The summed E-state index contributed by atoms with van der Waals surface area (Å²) >= 11 is 0. The highest BCUT2D eigenvalue weighted by Gasteiger charge is 2.64. The van der Waals surface area contributed by atoms with Crippen molar-refractivity contribution in [2.45, 2.75) is 76.1 Å². The number of carbonyl (C=O) groups excluding carboxylic acids is 4. The van der Waals surface area contributed by atoms with Gasteiger partial charge >= 0.3 is 29.8 Å². The Balaban J connectivity index is 1.05. The Kier molecular flexibility index (Phi) is 4.82. The maximum absolute atomic E-state index is 13.4. The first-order chi connectivity index (χ1) is 16.0. The van der Waals surface area contributed by atoms with E-state index in [1.54, 1.807) is 0 Å². The standard InChI is InChI=1S/C24H28F2O8/c1-23(25,26)21(29)34-17-12-2-10-3-13(17)8-24(6-10,7-12)22(30)31-9-16(27)32-18-11-4-14-15(5-11)20(28)33-19(14)18/h10-15,17-19H,2-9H2,1H3. The van der Waals surface area contributed by atoms with E-state index in [0.717, 1.165) is 19.3 Å². The molecule has 1 saturated heterocycles. The van der Waals surface area contributed by atoms with Crippen LogP contribution in [0, 0.1) is 40.9 Å². The topological polar surface area (TPSA) is 105 Å². The zero-order chi connectivity index (χ0) is 24.0. The van der Waals surface area contributed by atoms with Crippen molar-refractivity contribution in [3.05, 3.63) is 0 Å². The zero-order valence-electron chi connectivity index (χ0n) is 18.9. The molecule has 1 heterocycles. The molecular weight excluding hydrogens is 454 g/mol. The first kappa shape index (κ1) is 22.2. The molecule has 34 heavy (non-hydrogen) atoms. The summed E-state index contributed by atoms with van der Waals surface area (Å²) in [7, 11) is 0. The van der Waals surface area contributed by atoms with E-state index < -0.39 is 54.2 Å². The van der Waals surface area contributed by atoms with Crippen molar-refractivity contribution in [3.63, 3.8) is 0 Å². The lowest BCUT2D eigenvalue weighted by Crippen LogP contribution is -2.58. The highest BCUT2D eigenvalue weighted by atomic mass is 19.3. The number of ether oxygens (including phenoxy) is 4. The quantitative estimate of drug-likeness (QED) is 0.420. The maximum Gasteiger partial charge on any atom is 0.376 e. The average molecular weight is 482 g/mol. The van der Waals surface area contributed by atoms with Crippen molar-refractivity contribution in [2.75, 3.05) is 6.61 Å². The Morgan fingerprint density at radius 1 is 1.00 bits per heavy atom. The van der Waals surface area contributed by atoms with Gasteiger partial charge in [-0.3, -0.25) is 9.59 Å². The number of esters is 4. The molecule has 7 rings (SSSR count). The number of rotatable bonds is 6. The largest absolute Gasteiger partial charge is 0.458 e. The van der Waals surface area contributed by atoms with Crippen LogP contribution in [-0.2, 0) is 38.1 Å². The molecule has 0 aromatic rings. The van der Waals surface area contributed by atoms with Crippen molar-refractivity contribution < 1.29 is 46.9 Å². The van der Waals surface area contributed by atoms with E-state index >= 15 is 0 Å². The average Bonchev–Trinajstić information content (AvgIpc) is 3.38. The number of fused-ring (bicyclic) bond motifs is 1. The lowest BCUT2D eigenvalue weighted by Gasteiger charge is -2.57. The molecule has 0 N–H and O–H groups in total. The van der Waals surface area contributed by atoms with Gasteiger partial charge in [0.2, 0.25) is 0 Å². The molecule has 8 nitrogen and oxygen atoms in total. The van der Waals surface area contributed by atoms with Gasteiger partial charge in [-0.05, 0) is 62.7 Å². The minimum atomic E-state index is -3.55. The fraction of sp³-hybridized carbons (Fsp3) is 0.833. The van der Waals surface area contributed by atoms with Gasteiger partial charge in [-0.25, -0.2) is 9.59 Å². The van der Waals surface area contributed by atoms with Crippen LogP contribution in [0.2, 0.25) is 0 Å². The molecule has 10 heteroatoms. The van der Waals surface area contributed by atoms with Crippen molar-refractivity contribution in [1.29, 1.82) is 0 Å². The summed E-state index contributed by atoms with van der Waals surface area (Å²) < 4.78 is 48.3. The lowest BCUT2D eigenvalue weighted by molar-refractivity contribution is -0.208. The predicted molar refractivity (Wildman–Crippen MR) is 107 cm³/mol. The number of carbonyl (C=O) groups is 4. The Labute approximate surface area is 195 Å². The second-order valence-corrected chi connectivity index (χ2v) is 11.4. The molecule has 7 aliphatic rings. The van der Waals surface area contributed by atoms with Crippen LogP contribution in [0.4, 0.5) is 8.78 Å². The number of halogens is 2. The fourth-order valence-electron chi connectivity index (χ4n) is 8.18. The van der Waals surface area contributed by atoms with Gasteiger partial charge in [-0.1, -0.05) is 0 Å². The molecule has 6 saturated carbocycles. The second kappa shape index (κ2) is 7.37. The molecule has 1 aliphatic heterocycles. The monoisotopic (exact) mass is 482 g/mol. The zero-order valence-corrected chi connectivity index (χ0v) is 18.9. The number of hydrogen-bond donors (Lipinski definition) is 0. The molecule has 186 valence electrons. The molecule has 6 bridgehead atoms. The molecule has 7 fully saturated rings. The van der Waals surface area contributed by atoms with E-state index in [4.69, 9.17) is 18.9 Å². The third-order valence-electron chi connectivity index (χ3n) is 9.22. The van der Waals surface area contributed by atoms with E-state index in [1.807, 2.05) is 0 Å². The summed E-state index contributed by atoms with van der Waals surface area (Å²) in [6, 6.07) is 0. The SMILES string of the molecule is CC(F)(F)C(=O)OC1C2CC3CC1CC(C(=O)OCC(=O)OC1C4CC5C(=O)OC1C5C4)(C3)C2. The summed E-state index contributed by atoms with van der Waals surface area (Å²) in [5, 5.41) is 0. The van der Waals surface area contributed by atoms with Crippen molar-refractivity contribution in [3.8, 4) is 0 Å². The predicted octanol–water partition coefficient (Wildman–Crippen LogP) is 2.42. The van der Waals surface area contributed by atoms with Crippen LogP contribution < -0.4 is 0 Å². The third-order valence-corrected chi connectivity index (χ3v) is 9.22. The van der Waals surface area contributed by atoms with Gasteiger partial charge in [0, 0.05) is 18.8 Å². The van der Waals surface area contributed by atoms with E-state index in [1.165, 1.54) is 0 Å². The van der Waals surface area contributed by atoms with Crippen LogP contribution in [-0.4, -0.2) is 54.7 Å². The van der Waals surface area contributed by atoms with E-state index in [0.29, 0.717) is 32.6 Å². The Bertz CT molecular complexity index is 928. The van der Waals surface area contributed by atoms with E-state index in [-0.39, 0.29) is 41.5 Å². The highest BCUT2D eigenvalue weighted by molar-refractivity contribution is 5.82. The molecule has 0 aromatic heterocycles. The number of hydrogen-bond acceptors (Lipinski definition) is 8. The molecule has 0 radical (unpaired) electrons. The maximum atomic E-state index is 13.4. The van der Waals surface area contributed by atoms with Crippen LogP contribution in [0.5, 0.6) is 0 Å². The molecule has 7 atom stereocenters. The van der Waals surface area contributed by atoms with Crippen LogP contribution in [0.15, 0.2) is 0 Å². The molecule has 0 amide bonds. The van der Waals surface area contributed by atoms with Crippen molar-refractivity contribution >= 4 is 23.9 Å². The van der Waals surface area contributed by atoms with Crippen LogP contribution in [0.1, 0.15) is 51.9 Å². The van der Waals surface area contributed by atoms with Crippen LogP contribution in [0.3, 0.4) is 0 Å². The summed E-state index contributed by atoms with van der Waals surface area (Å²) in [6.07, 6.45) is 2.86. The summed E-state index contributed by atoms with van der Waals surface area (Å²) in [5.41, 5.74) is -0.783. The normalized spacial score (nSPS) is 45.3. The minimum absolute atomic E-state index is 0.0782. The summed E-state index contributed by atoms with van der Waals surface area (Å²) in [4.78, 5) is 49.2. The Hall–Kier alpha value is -2.26. The smallest absolute Gasteiger partial charge is 0.376 e. The van der Waals surface area contributed by atoms with Gasteiger partial charge in [-0.2, -0.15) is 8.78 Å². The summed E-state index contributed by atoms with van der Waals surface area (Å²) in [6.45, 7) is 0.00804. The first-order valence-electron chi connectivity index (χ1n) is 12.2. The third kappa shape index (κ3) is 3.34. The fourth-order valence-corrected chi connectivity index (χ4v) is 8.18.